The smallest absolute Gasteiger partial charge is 0.393 e. The van der Waals surface area contributed by atoms with E-state index in [1.54, 1.807) is 0 Å². The molecule has 2 nitrogen and oxygen atoms in total. The van der Waals surface area contributed by atoms with E-state index in [1.807, 2.05) is 42.5 Å². The van der Waals surface area contributed by atoms with Gasteiger partial charge in [0.2, 0.25) is 0 Å². The van der Waals surface area contributed by atoms with E-state index in [-0.39, 0.29) is 13.0 Å². The van der Waals surface area contributed by atoms with Gasteiger partial charge in [-0.2, -0.15) is 13.2 Å². The van der Waals surface area contributed by atoms with E-state index in [4.69, 9.17) is 0 Å². The van der Waals surface area contributed by atoms with Gasteiger partial charge in [0.15, 0.2) is 0 Å². The van der Waals surface area contributed by atoms with Crippen LogP contribution >= 0.6 is 0 Å². The van der Waals surface area contributed by atoms with Crippen LogP contribution in [0, 0.1) is 0 Å². The lowest BCUT2D eigenvalue weighted by molar-refractivity contribution is -0.175. The summed E-state index contributed by atoms with van der Waals surface area (Å²) in [4.78, 5) is 0. The first kappa shape index (κ1) is 15.8. The maximum Gasteiger partial charge on any atom is 0.411 e. The van der Waals surface area contributed by atoms with Gasteiger partial charge in [-0.25, -0.2) is 0 Å². The van der Waals surface area contributed by atoms with Gasteiger partial charge >= 0.3 is 6.18 Å². The Balaban J connectivity index is 1.88. The monoisotopic (exact) mass is 298 g/mol. The topological polar surface area (TPSA) is 29.5 Å². The maximum absolute atomic E-state index is 11.9. The highest BCUT2D eigenvalue weighted by Crippen LogP contribution is 2.20. The molecular weight excluding hydrogens is 281 g/mol. The first-order valence-electron chi connectivity index (χ1n) is 6.75. The molecule has 0 heterocycles. The van der Waals surface area contributed by atoms with E-state index in [9.17, 15) is 18.3 Å². The summed E-state index contributed by atoms with van der Waals surface area (Å²) >= 11 is 0. The fraction of sp³-hybridized carbons (Fsp3) is 0.375. The third kappa shape index (κ3) is 5.02. The minimum Gasteiger partial charge on any atom is -0.393 e. The van der Waals surface area contributed by atoms with Crippen LogP contribution in [0.2, 0.25) is 0 Å². The molecule has 0 aliphatic carbocycles. The van der Waals surface area contributed by atoms with Crippen molar-refractivity contribution in [2.45, 2.75) is 25.1 Å². The van der Waals surface area contributed by atoms with Crippen LogP contribution in [-0.2, 0) is 11.2 Å². The Morgan fingerprint density at radius 2 is 1.76 bits per heavy atom. The zero-order chi connectivity index (χ0) is 15.3. The van der Waals surface area contributed by atoms with E-state index in [0.29, 0.717) is 6.42 Å². The lowest BCUT2D eigenvalue weighted by atomic mass is 9.99. The van der Waals surface area contributed by atoms with Gasteiger partial charge in [0.25, 0.3) is 0 Å². The molecule has 0 spiro atoms. The number of hydrogen-bond donors (Lipinski definition) is 1. The van der Waals surface area contributed by atoms with Crippen LogP contribution in [0.5, 0.6) is 0 Å². The van der Waals surface area contributed by atoms with Crippen LogP contribution < -0.4 is 0 Å². The highest BCUT2D eigenvalue weighted by atomic mass is 19.4. The second-order valence-corrected chi connectivity index (χ2v) is 4.95. The first-order chi connectivity index (χ1) is 9.96. The molecule has 0 radical (unpaired) electrons. The summed E-state index contributed by atoms with van der Waals surface area (Å²) in [6.07, 6.45) is -4.46. The zero-order valence-corrected chi connectivity index (χ0v) is 11.4. The standard InChI is InChI=1S/C16H17F3O2/c17-16(18,19)11-21-9-8-14(20)10-13-6-3-5-12-4-1-2-7-15(12)13/h1-7,14,20H,8-11H2. The Morgan fingerprint density at radius 3 is 2.52 bits per heavy atom. The van der Waals surface area contributed by atoms with Crippen LogP contribution in [0.3, 0.4) is 0 Å². The third-order valence-corrected chi connectivity index (χ3v) is 3.20. The van der Waals surface area contributed by atoms with Crippen LogP contribution in [-0.4, -0.2) is 30.6 Å². The summed E-state index contributed by atoms with van der Waals surface area (Å²) in [6.45, 7) is -1.38. The van der Waals surface area contributed by atoms with Crippen molar-refractivity contribution in [3.63, 3.8) is 0 Å². The molecule has 1 unspecified atom stereocenters. The lowest BCUT2D eigenvalue weighted by Gasteiger charge is -2.13. The molecule has 1 atom stereocenters. The number of aliphatic hydroxyl groups is 1. The highest BCUT2D eigenvalue weighted by Gasteiger charge is 2.27. The van der Waals surface area contributed by atoms with Crippen LogP contribution in [0.15, 0.2) is 42.5 Å². The minimum atomic E-state index is -4.32. The molecule has 114 valence electrons. The fourth-order valence-electron chi connectivity index (χ4n) is 2.23. The van der Waals surface area contributed by atoms with Crippen molar-refractivity contribution in [1.82, 2.24) is 0 Å². The number of hydrogen-bond acceptors (Lipinski definition) is 2. The van der Waals surface area contributed by atoms with Gasteiger partial charge < -0.3 is 9.84 Å². The van der Waals surface area contributed by atoms with Crippen LogP contribution in [0.4, 0.5) is 13.2 Å². The molecule has 0 amide bonds. The molecule has 0 saturated carbocycles. The largest absolute Gasteiger partial charge is 0.411 e. The van der Waals surface area contributed by atoms with Gasteiger partial charge in [0, 0.05) is 6.61 Å². The summed E-state index contributed by atoms with van der Waals surface area (Å²) < 4.78 is 40.3. The number of fused-ring (bicyclic) bond motifs is 1. The van der Waals surface area contributed by atoms with E-state index in [0.717, 1.165) is 16.3 Å². The van der Waals surface area contributed by atoms with Gasteiger partial charge in [-0.05, 0) is 29.2 Å². The SMILES string of the molecule is OC(CCOCC(F)(F)F)Cc1cccc2ccccc12. The van der Waals surface area contributed by atoms with Crippen molar-refractivity contribution in [2.75, 3.05) is 13.2 Å². The molecule has 21 heavy (non-hydrogen) atoms. The van der Waals surface area contributed by atoms with E-state index in [1.165, 1.54) is 0 Å². The Hall–Kier alpha value is -1.59. The lowest BCUT2D eigenvalue weighted by Crippen LogP contribution is -2.20. The van der Waals surface area contributed by atoms with Gasteiger partial charge in [0.05, 0.1) is 6.10 Å². The molecule has 2 aromatic rings. The number of benzene rings is 2. The fourth-order valence-corrected chi connectivity index (χ4v) is 2.23. The number of alkyl halides is 3. The molecule has 0 aliphatic heterocycles. The Labute approximate surface area is 121 Å². The average Bonchev–Trinajstić information content (AvgIpc) is 2.43. The average molecular weight is 298 g/mol. The van der Waals surface area contributed by atoms with Crippen LogP contribution in [0.25, 0.3) is 10.8 Å². The number of aliphatic hydroxyl groups excluding tert-OH is 1. The molecule has 0 aromatic heterocycles. The number of halogens is 3. The van der Waals surface area contributed by atoms with Crippen molar-refractivity contribution < 1.29 is 23.0 Å². The second kappa shape index (κ2) is 6.91. The van der Waals surface area contributed by atoms with Crippen molar-refractivity contribution in [3.8, 4) is 0 Å². The van der Waals surface area contributed by atoms with Crippen molar-refractivity contribution in [3.05, 3.63) is 48.0 Å². The maximum atomic E-state index is 11.9. The minimum absolute atomic E-state index is 0.106. The molecule has 2 aromatic carbocycles. The molecule has 0 fully saturated rings. The van der Waals surface area contributed by atoms with Gasteiger partial charge in [-0.1, -0.05) is 42.5 Å². The Bertz CT molecular complexity index is 576. The molecule has 2 rings (SSSR count). The van der Waals surface area contributed by atoms with Crippen molar-refractivity contribution in [1.29, 1.82) is 0 Å². The summed E-state index contributed by atoms with van der Waals surface area (Å²) in [6, 6.07) is 13.6. The summed E-state index contributed by atoms with van der Waals surface area (Å²) in [7, 11) is 0. The summed E-state index contributed by atoms with van der Waals surface area (Å²) in [5.41, 5.74) is 0.983. The van der Waals surface area contributed by atoms with Gasteiger partial charge in [-0.3, -0.25) is 0 Å². The predicted octanol–water partition coefficient (Wildman–Crippen LogP) is 3.71. The van der Waals surface area contributed by atoms with Crippen LogP contribution in [0.1, 0.15) is 12.0 Å². The first-order valence-corrected chi connectivity index (χ1v) is 6.75. The molecule has 0 saturated heterocycles. The number of rotatable bonds is 6. The number of ether oxygens (including phenoxy) is 1. The molecule has 1 N–H and O–H groups in total. The molecule has 0 bridgehead atoms. The van der Waals surface area contributed by atoms with Crippen molar-refractivity contribution >= 4 is 10.8 Å². The highest BCUT2D eigenvalue weighted by molar-refractivity contribution is 5.85. The normalized spacial score (nSPS) is 13.5. The summed E-state index contributed by atoms with van der Waals surface area (Å²) in [5, 5.41) is 12.1. The molecule has 5 heteroatoms. The molecular formula is C16H17F3O2. The predicted molar refractivity (Wildman–Crippen MR) is 75.1 cm³/mol. The van der Waals surface area contributed by atoms with Crippen molar-refractivity contribution in [2.24, 2.45) is 0 Å². The second-order valence-electron chi connectivity index (χ2n) is 4.95. The van der Waals surface area contributed by atoms with E-state index < -0.39 is 18.9 Å². The van der Waals surface area contributed by atoms with Gasteiger partial charge in [-0.15, -0.1) is 0 Å². The zero-order valence-electron chi connectivity index (χ0n) is 11.4. The van der Waals surface area contributed by atoms with E-state index in [2.05, 4.69) is 4.74 Å². The quantitative estimate of drug-likeness (QED) is 0.824. The Kier molecular flexibility index (Phi) is 5.20. The Morgan fingerprint density at radius 1 is 1.05 bits per heavy atom. The van der Waals surface area contributed by atoms with Gasteiger partial charge in [0.1, 0.15) is 6.61 Å². The van der Waals surface area contributed by atoms with E-state index >= 15 is 0 Å². The molecule has 0 aliphatic rings. The third-order valence-electron chi connectivity index (χ3n) is 3.20. The summed E-state index contributed by atoms with van der Waals surface area (Å²) in [5.74, 6) is 0.